The summed E-state index contributed by atoms with van der Waals surface area (Å²) in [5, 5.41) is 9.78. The molecule has 0 fully saturated rings. The summed E-state index contributed by atoms with van der Waals surface area (Å²) in [4.78, 5) is 4.42. The molecule has 0 saturated carbocycles. The molecule has 0 bridgehead atoms. The number of benzene rings is 1. The normalized spacial score (nSPS) is 10.8. The lowest BCUT2D eigenvalue weighted by Crippen LogP contribution is -1.99. The van der Waals surface area contributed by atoms with Crippen LogP contribution in [0.3, 0.4) is 0 Å². The van der Waals surface area contributed by atoms with Crippen molar-refractivity contribution in [1.29, 1.82) is 0 Å². The molecule has 0 aliphatic heterocycles. The molecule has 4 heteroatoms. The molecule has 2 rings (SSSR count). The van der Waals surface area contributed by atoms with Gasteiger partial charge in [-0.15, -0.1) is 11.3 Å². The van der Waals surface area contributed by atoms with Crippen molar-refractivity contribution >= 4 is 34.9 Å². The second kappa shape index (κ2) is 3.48. The summed E-state index contributed by atoms with van der Waals surface area (Å²) in [5.74, 6) is 0. The summed E-state index contributed by atoms with van der Waals surface area (Å²) in [7, 11) is 2.06. The number of aliphatic hydroxyl groups is 1. The van der Waals surface area contributed by atoms with Crippen molar-refractivity contribution in [2.75, 3.05) is 6.61 Å². The van der Waals surface area contributed by atoms with Gasteiger partial charge < -0.3 is 5.11 Å². The fraction of sp³-hybridized carbons (Fsp3) is 0.222. The van der Waals surface area contributed by atoms with Gasteiger partial charge in [0.1, 0.15) is 7.85 Å². The molecule has 1 aromatic heterocycles. The molecule has 0 aliphatic rings. The molecule has 0 aliphatic carbocycles. The Hall–Kier alpha value is -0.865. The average molecular weight is 191 g/mol. The average Bonchev–Trinajstić information content (AvgIpc) is 2.46. The Labute approximate surface area is 81.6 Å². The van der Waals surface area contributed by atoms with E-state index in [2.05, 4.69) is 31.0 Å². The van der Waals surface area contributed by atoms with Crippen LogP contribution in [0.1, 0.15) is 5.01 Å². The smallest absolute Gasteiger partial charge is 0.139 e. The highest BCUT2D eigenvalue weighted by Gasteiger charge is 2.02. The first kappa shape index (κ1) is 8.72. The zero-order chi connectivity index (χ0) is 9.26. The predicted molar refractivity (Wildman–Crippen MR) is 58.6 cm³/mol. The van der Waals surface area contributed by atoms with Crippen molar-refractivity contribution in [2.24, 2.45) is 0 Å². The molecule has 2 aromatic rings. The summed E-state index contributed by atoms with van der Waals surface area (Å²) in [6, 6.07) is 6.25. The monoisotopic (exact) mass is 191 g/mol. The van der Waals surface area contributed by atoms with Crippen molar-refractivity contribution in [3.8, 4) is 0 Å². The van der Waals surface area contributed by atoms with Gasteiger partial charge >= 0.3 is 0 Å². The van der Waals surface area contributed by atoms with Gasteiger partial charge in [-0.2, -0.15) is 0 Å². The Bertz CT molecular complexity index is 426. The molecule has 0 spiro atoms. The number of hydrogen-bond acceptors (Lipinski definition) is 3. The minimum absolute atomic E-state index is 0.179. The largest absolute Gasteiger partial charge is 0.396 e. The van der Waals surface area contributed by atoms with E-state index in [-0.39, 0.29) is 6.61 Å². The maximum Gasteiger partial charge on any atom is 0.139 e. The lowest BCUT2D eigenvalue weighted by Gasteiger charge is -1.88. The summed E-state index contributed by atoms with van der Waals surface area (Å²) in [6.45, 7) is 0.179. The fourth-order valence-electron chi connectivity index (χ4n) is 1.29. The van der Waals surface area contributed by atoms with Gasteiger partial charge in [0, 0.05) is 13.0 Å². The Kier molecular flexibility index (Phi) is 2.33. The van der Waals surface area contributed by atoms with Gasteiger partial charge in [-0.25, -0.2) is 4.98 Å². The van der Waals surface area contributed by atoms with E-state index < -0.39 is 0 Å². The molecular weight excluding hydrogens is 181 g/mol. The molecule has 0 saturated heterocycles. The van der Waals surface area contributed by atoms with Crippen molar-refractivity contribution in [3.63, 3.8) is 0 Å². The number of fused-ring (bicyclic) bond motifs is 1. The van der Waals surface area contributed by atoms with Crippen LogP contribution in [0.4, 0.5) is 0 Å². The van der Waals surface area contributed by atoms with E-state index in [1.54, 1.807) is 11.3 Å². The molecular formula is C9H10BNOS. The van der Waals surface area contributed by atoms with Crippen LogP contribution in [0.25, 0.3) is 10.2 Å². The van der Waals surface area contributed by atoms with Gasteiger partial charge in [-0.05, 0) is 12.1 Å². The maximum absolute atomic E-state index is 8.77. The first-order valence-corrected chi connectivity index (χ1v) is 5.08. The van der Waals surface area contributed by atoms with Crippen LogP contribution in [0.5, 0.6) is 0 Å². The van der Waals surface area contributed by atoms with Gasteiger partial charge in [0.15, 0.2) is 0 Å². The number of rotatable bonds is 2. The fourth-order valence-corrected chi connectivity index (χ4v) is 2.22. The van der Waals surface area contributed by atoms with E-state index in [1.807, 2.05) is 0 Å². The predicted octanol–water partition coefficient (Wildman–Crippen LogP) is 0.0895. The summed E-state index contributed by atoms with van der Waals surface area (Å²) < 4.78 is 1.20. The standard InChI is InChI=1S/C9H10BNOS/c10-6-1-2-8-7(5-6)11-9(13-8)3-4-12/h1-2,5,12H,3-4,10H2. The first-order chi connectivity index (χ1) is 6.29. The molecule has 0 amide bonds. The highest BCUT2D eigenvalue weighted by molar-refractivity contribution is 7.18. The number of thiazole rings is 1. The number of aliphatic hydroxyl groups excluding tert-OH is 1. The van der Waals surface area contributed by atoms with Gasteiger partial charge in [0.05, 0.1) is 15.2 Å². The van der Waals surface area contributed by atoms with Crippen molar-refractivity contribution in [3.05, 3.63) is 23.2 Å². The van der Waals surface area contributed by atoms with E-state index in [4.69, 9.17) is 5.11 Å². The Balaban J connectivity index is 2.49. The molecule has 0 radical (unpaired) electrons. The molecule has 1 N–H and O–H groups in total. The van der Waals surface area contributed by atoms with Gasteiger partial charge in [0.2, 0.25) is 0 Å². The molecule has 2 nitrogen and oxygen atoms in total. The Morgan fingerprint density at radius 1 is 1.46 bits per heavy atom. The van der Waals surface area contributed by atoms with Gasteiger partial charge in [-0.1, -0.05) is 11.5 Å². The van der Waals surface area contributed by atoms with Crippen molar-refractivity contribution < 1.29 is 5.11 Å². The van der Waals surface area contributed by atoms with Crippen LogP contribution in [0.15, 0.2) is 18.2 Å². The van der Waals surface area contributed by atoms with E-state index in [1.165, 1.54) is 10.2 Å². The third-order valence-corrected chi connectivity index (χ3v) is 3.01. The van der Waals surface area contributed by atoms with Crippen LogP contribution in [0, 0.1) is 0 Å². The zero-order valence-corrected chi connectivity index (χ0v) is 8.27. The van der Waals surface area contributed by atoms with Crippen LogP contribution < -0.4 is 5.46 Å². The highest BCUT2D eigenvalue weighted by atomic mass is 32.1. The van der Waals surface area contributed by atoms with Crippen LogP contribution in [-0.4, -0.2) is 24.5 Å². The molecule has 1 heterocycles. The third-order valence-electron chi connectivity index (χ3n) is 1.91. The second-order valence-electron chi connectivity index (χ2n) is 3.05. The molecule has 0 atom stereocenters. The highest BCUT2D eigenvalue weighted by Crippen LogP contribution is 2.20. The maximum atomic E-state index is 8.77. The number of hydrogen-bond donors (Lipinski definition) is 1. The molecule has 13 heavy (non-hydrogen) atoms. The summed E-state index contributed by atoms with van der Waals surface area (Å²) >= 11 is 1.66. The molecule has 0 unspecified atom stereocenters. The zero-order valence-electron chi connectivity index (χ0n) is 7.45. The van der Waals surface area contributed by atoms with Crippen LogP contribution >= 0.6 is 11.3 Å². The van der Waals surface area contributed by atoms with Gasteiger partial charge in [-0.3, -0.25) is 0 Å². The van der Waals surface area contributed by atoms with E-state index in [0.29, 0.717) is 6.42 Å². The number of nitrogens with zero attached hydrogens (tertiary/aromatic N) is 1. The lowest BCUT2D eigenvalue weighted by molar-refractivity contribution is 0.299. The topological polar surface area (TPSA) is 33.1 Å². The quantitative estimate of drug-likeness (QED) is 0.682. The van der Waals surface area contributed by atoms with Crippen molar-refractivity contribution in [1.82, 2.24) is 4.98 Å². The molecule has 66 valence electrons. The third kappa shape index (κ3) is 1.74. The van der Waals surface area contributed by atoms with E-state index in [0.717, 1.165) is 10.5 Å². The Morgan fingerprint density at radius 3 is 3.08 bits per heavy atom. The lowest BCUT2D eigenvalue weighted by atomic mass is 9.96. The van der Waals surface area contributed by atoms with Crippen molar-refractivity contribution in [2.45, 2.75) is 6.42 Å². The van der Waals surface area contributed by atoms with Gasteiger partial charge in [0.25, 0.3) is 0 Å². The molecule has 1 aromatic carbocycles. The van der Waals surface area contributed by atoms with E-state index >= 15 is 0 Å². The minimum atomic E-state index is 0.179. The summed E-state index contributed by atoms with van der Waals surface area (Å²) in [6.07, 6.45) is 0.665. The van der Waals surface area contributed by atoms with Crippen LogP contribution in [-0.2, 0) is 6.42 Å². The van der Waals surface area contributed by atoms with Crippen LogP contribution in [0.2, 0.25) is 0 Å². The second-order valence-corrected chi connectivity index (χ2v) is 4.17. The SMILES string of the molecule is Bc1ccc2sc(CCO)nc2c1. The van der Waals surface area contributed by atoms with E-state index in [9.17, 15) is 0 Å². The minimum Gasteiger partial charge on any atom is -0.396 e. The number of aromatic nitrogens is 1. The summed E-state index contributed by atoms with van der Waals surface area (Å²) in [5.41, 5.74) is 2.28. The first-order valence-electron chi connectivity index (χ1n) is 4.26. The Morgan fingerprint density at radius 2 is 2.31 bits per heavy atom.